The second-order valence-corrected chi connectivity index (χ2v) is 7.99. The first-order valence-electron chi connectivity index (χ1n) is 8.12. The van der Waals surface area contributed by atoms with Crippen LogP contribution in [0.1, 0.15) is 22.3 Å². The lowest BCUT2D eigenvalue weighted by Crippen LogP contribution is -2.35. The summed E-state index contributed by atoms with van der Waals surface area (Å²) < 4.78 is 144. The van der Waals surface area contributed by atoms with E-state index in [-0.39, 0.29) is 0 Å². The molecular weight excluding hydrogens is 483 g/mol. The van der Waals surface area contributed by atoms with Crippen LogP contribution in [-0.2, 0) is 28.6 Å². The Bertz CT molecular complexity index is 1080. The molecule has 2 rings (SSSR count). The summed E-state index contributed by atoms with van der Waals surface area (Å²) in [6.07, 6.45) is -17.1. The molecule has 0 aromatic heterocycles. The highest BCUT2D eigenvalue weighted by atomic mass is 32.2. The van der Waals surface area contributed by atoms with Crippen LogP contribution < -0.4 is 10.0 Å². The molecule has 0 aliphatic rings. The van der Waals surface area contributed by atoms with Crippen LogP contribution in [0, 0.1) is 6.92 Å². The summed E-state index contributed by atoms with van der Waals surface area (Å²) in [5, 5.41) is 1.07. The van der Waals surface area contributed by atoms with Gasteiger partial charge in [-0.1, -0.05) is 17.7 Å². The molecule has 0 saturated heterocycles. The number of hydrogen-bond acceptors (Lipinski definition) is 3. The van der Waals surface area contributed by atoms with E-state index in [2.05, 4.69) is 0 Å². The number of amides is 2. The number of anilines is 1. The zero-order chi connectivity index (χ0) is 24.7. The van der Waals surface area contributed by atoms with Gasteiger partial charge in [0.2, 0.25) is 0 Å². The maximum Gasteiger partial charge on any atom is 0.418 e. The average Bonchev–Trinajstić information content (AvgIpc) is 2.58. The normalized spacial score (nSPS) is 13.1. The minimum atomic E-state index is -5.76. The van der Waals surface area contributed by atoms with Crippen molar-refractivity contribution in [3.8, 4) is 0 Å². The van der Waals surface area contributed by atoms with Crippen molar-refractivity contribution in [2.45, 2.75) is 30.3 Å². The largest absolute Gasteiger partial charge is 0.418 e. The van der Waals surface area contributed by atoms with Gasteiger partial charge in [-0.25, -0.2) is 17.9 Å². The van der Waals surface area contributed by atoms with Gasteiger partial charge in [0.1, 0.15) is 0 Å². The lowest BCUT2D eigenvalue weighted by Gasteiger charge is -2.21. The summed E-state index contributed by atoms with van der Waals surface area (Å²) in [6.45, 7) is 1.58. The third kappa shape index (κ3) is 5.83. The quantitative estimate of drug-likeness (QED) is 0.549. The van der Waals surface area contributed by atoms with Gasteiger partial charge in [-0.15, -0.1) is 0 Å². The molecule has 0 atom stereocenters. The highest BCUT2D eigenvalue weighted by Gasteiger charge is 2.45. The first kappa shape index (κ1) is 25.3. The number of benzene rings is 2. The van der Waals surface area contributed by atoms with E-state index >= 15 is 0 Å². The fourth-order valence-electron chi connectivity index (χ4n) is 2.42. The predicted octanol–water partition coefficient (Wildman–Crippen LogP) is 5.56. The predicted molar refractivity (Wildman–Crippen MR) is 92.0 cm³/mol. The van der Waals surface area contributed by atoms with E-state index in [0.29, 0.717) is 5.56 Å². The van der Waals surface area contributed by atoms with Crippen molar-refractivity contribution in [1.29, 1.82) is 0 Å². The van der Waals surface area contributed by atoms with Gasteiger partial charge in [0.15, 0.2) is 0 Å². The molecule has 2 N–H and O–H groups in total. The molecule has 0 unspecified atom stereocenters. The zero-order valence-electron chi connectivity index (χ0n) is 15.5. The van der Waals surface area contributed by atoms with Gasteiger partial charge in [0.05, 0.1) is 27.3 Å². The topological polar surface area (TPSA) is 75.3 Å². The van der Waals surface area contributed by atoms with Crippen LogP contribution in [-0.4, -0.2) is 14.4 Å². The van der Waals surface area contributed by atoms with E-state index in [1.807, 2.05) is 0 Å². The minimum Gasteiger partial charge on any atom is -0.306 e. The Morgan fingerprint density at radius 2 is 1.22 bits per heavy atom. The van der Waals surface area contributed by atoms with Crippen molar-refractivity contribution in [2.24, 2.45) is 0 Å². The van der Waals surface area contributed by atoms with Crippen LogP contribution >= 0.6 is 0 Å². The smallest absolute Gasteiger partial charge is 0.306 e. The van der Waals surface area contributed by atoms with E-state index in [4.69, 9.17) is 0 Å². The van der Waals surface area contributed by atoms with Gasteiger partial charge in [-0.2, -0.15) is 39.5 Å². The highest BCUT2D eigenvalue weighted by molar-refractivity contribution is 7.90. The maximum absolute atomic E-state index is 13.3. The number of sulfonamides is 1. The number of carbonyl (C=O) groups is 1. The van der Waals surface area contributed by atoms with Crippen LogP contribution in [0.4, 0.5) is 50.0 Å². The lowest BCUT2D eigenvalue weighted by molar-refractivity contribution is -0.147. The number of urea groups is 1. The van der Waals surface area contributed by atoms with Crippen molar-refractivity contribution in [1.82, 2.24) is 4.72 Å². The summed E-state index contributed by atoms with van der Waals surface area (Å²) in [7, 11) is -4.73. The minimum absolute atomic E-state index is 0.544. The van der Waals surface area contributed by atoms with E-state index in [1.165, 1.54) is 16.9 Å². The molecule has 15 heteroatoms. The van der Waals surface area contributed by atoms with Crippen LogP contribution in [0.3, 0.4) is 0 Å². The summed E-state index contributed by atoms with van der Waals surface area (Å²) in [4.78, 5) is 11.4. The SMILES string of the molecule is Cc1ccc(S(=O)(=O)NC(=O)Nc2c(C(F)(F)F)cc(C(F)(F)F)cc2C(F)(F)F)cc1. The molecular formula is C17H11F9N2O3S. The molecule has 2 amide bonds. The third-order valence-corrected chi connectivity index (χ3v) is 5.22. The van der Waals surface area contributed by atoms with E-state index in [9.17, 15) is 52.7 Å². The van der Waals surface area contributed by atoms with Crippen LogP contribution in [0.5, 0.6) is 0 Å². The number of carbonyl (C=O) groups excluding carboxylic acids is 1. The van der Waals surface area contributed by atoms with Crippen molar-refractivity contribution < 1.29 is 52.7 Å². The van der Waals surface area contributed by atoms with Crippen molar-refractivity contribution in [3.63, 3.8) is 0 Å². The van der Waals surface area contributed by atoms with Crippen molar-refractivity contribution in [2.75, 3.05) is 5.32 Å². The molecule has 0 saturated carbocycles. The molecule has 0 aliphatic heterocycles. The van der Waals surface area contributed by atoms with Crippen molar-refractivity contribution >= 4 is 21.7 Å². The molecule has 2 aromatic rings. The maximum atomic E-state index is 13.3. The number of rotatable bonds is 3. The average molecular weight is 494 g/mol. The van der Waals surface area contributed by atoms with Gasteiger partial charge in [0, 0.05) is 0 Å². The Kier molecular flexibility index (Phi) is 6.47. The van der Waals surface area contributed by atoms with Crippen LogP contribution in [0.25, 0.3) is 0 Å². The van der Waals surface area contributed by atoms with Gasteiger partial charge < -0.3 is 5.32 Å². The molecule has 0 radical (unpaired) electrons. The molecule has 0 aliphatic carbocycles. The molecule has 0 spiro atoms. The first-order chi connectivity index (χ1) is 14.3. The zero-order valence-corrected chi connectivity index (χ0v) is 16.3. The van der Waals surface area contributed by atoms with Crippen LogP contribution in [0.2, 0.25) is 0 Å². The molecule has 32 heavy (non-hydrogen) atoms. The molecule has 0 heterocycles. The van der Waals surface area contributed by atoms with Gasteiger partial charge in [-0.05, 0) is 31.2 Å². The van der Waals surface area contributed by atoms with Gasteiger partial charge in [0.25, 0.3) is 10.0 Å². The number of alkyl halides is 9. The molecule has 176 valence electrons. The fourth-order valence-corrected chi connectivity index (χ4v) is 3.33. The number of nitrogens with one attached hydrogen (secondary N) is 2. The Balaban J connectivity index is 2.56. The fraction of sp³-hybridized carbons (Fsp3) is 0.235. The standard InChI is InChI=1S/C17H11F9N2O3S/c1-8-2-4-10(5-3-8)32(30,31)28-14(29)27-13-11(16(21,22)23)6-9(15(18,19)20)7-12(13)17(24,25)26/h2-7H,1H3,(H2,27,28,29). The third-order valence-electron chi connectivity index (χ3n) is 3.87. The Morgan fingerprint density at radius 3 is 1.59 bits per heavy atom. The monoisotopic (exact) mass is 494 g/mol. The molecule has 2 aromatic carbocycles. The lowest BCUT2D eigenvalue weighted by atomic mass is 10.0. The van der Waals surface area contributed by atoms with E-state index in [1.54, 1.807) is 6.92 Å². The first-order valence-corrected chi connectivity index (χ1v) is 9.61. The van der Waals surface area contributed by atoms with E-state index < -0.39 is 74.0 Å². The second-order valence-electron chi connectivity index (χ2n) is 6.31. The van der Waals surface area contributed by atoms with E-state index in [0.717, 1.165) is 17.4 Å². The summed E-state index contributed by atoms with van der Waals surface area (Å²) in [6, 6.07) is 1.30. The van der Waals surface area contributed by atoms with Gasteiger partial charge in [-0.3, -0.25) is 0 Å². The number of hydrogen-bond donors (Lipinski definition) is 2. The molecule has 0 fully saturated rings. The molecule has 5 nitrogen and oxygen atoms in total. The Morgan fingerprint density at radius 1 is 0.781 bits per heavy atom. The molecule has 0 bridgehead atoms. The number of halogens is 9. The second kappa shape index (κ2) is 8.18. The summed E-state index contributed by atoms with van der Waals surface area (Å²) in [5.74, 6) is 0. The van der Waals surface area contributed by atoms with Crippen molar-refractivity contribution in [3.05, 3.63) is 58.7 Å². The summed E-state index contributed by atoms with van der Waals surface area (Å²) >= 11 is 0. The van der Waals surface area contributed by atoms with Gasteiger partial charge >= 0.3 is 24.6 Å². The van der Waals surface area contributed by atoms with Crippen LogP contribution in [0.15, 0.2) is 41.3 Å². The Labute approximate surface area is 174 Å². The summed E-state index contributed by atoms with van der Waals surface area (Å²) in [5.41, 5.74) is -8.70. The highest BCUT2D eigenvalue weighted by Crippen LogP contribution is 2.46. The number of aryl methyl sites for hydroxylation is 1. The Hall–Kier alpha value is -2.97.